The zero-order chi connectivity index (χ0) is 12.0. The van der Waals surface area contributed by atoms with Crippen LogP contribution >= 0.6 is 46.9 Å². The first-order chi connectivity index (χ1) is 7.61. The van der Waals surface area contributed by atoms with E-state index in [2.05, 4.69) is 35.5 Å². The Hall–Kier alpha value is -0.0100. The Balaban J connectivity index is 0.00000256. The van der Waals surface area contributed by atoms with Crippen LogP contribution in [0.1, 0.15) is 18.7 Å². The molecule has 0 bridgehead atoms. The molecule has 98 valence electrons. The van der Waals surface area contributed by atoms with Gasteiger partial charge in [-0.3, -0.25) is 4.99 Å². The lowest BCUT2D eigenvalue weighted by Gasteiger charge is -2.13. The molecule has 3 nitrogen and oxygen atoms in total. The van der Waals surface area contributed by atoms with Gasteiger partial charge in [-0.2, -0.15) is 0 Å². The van der Waals surface area contributed by atoms with Crippen molar-refractivity contribution in [2.75, 3.05) is 13.6 Å². The first-order valence-corrected chi connectivity index (χ1v) is 6.52. The van der Waals surface area contributed by atoms with Gasteiger partial charge in [0.15, 0.2) is 5.96 Å². The molecule has 6 heteroatoms. The lowest BCUT2D eigenvalue weighted by atomic mass is 10.3. The Morgan fingerprint density at radius 3 is 2.65 bits per heavy atom. The molecule has 0 atom stereocenters. The molecule has 0 unspecified atom stereocenters. The molecule has 0 saturated carbocycles. The highest BCUT2D eigenvalue weighted by Gasteiger charge is 2.01. The summed E-state index contributed by atoms with van der Waals surface area (Å²) < 4.78 is 0.847. The molecule has 1 aromatic rings. The Kier molecular flexibility index (Phi) is 8.99. The third kappa shape index (κ3) is 7.10. The smallest absolute Gasteiger partial charge is 0.191 e. The van der Waals surface area contributed by atoms with Crippen molar-refractivity contribution in [2.45, 2.75) is 26.3 Å². The number of halogens is 2. The van der Waals surface area contributed by atoms with Crippen LogP contribution in [0.4, 0.5) is 0 Å². The van der Waals surface area contributed by atoms with Gasteiger partial charge < -0.3 is 10.6 Å². The van der Waals surface area contributed by atoms with E-state index in [9.17, 15) is 0 Å². The quantitative estimate of drug-likeness (QED) is 0.473. The molecule has 1 heterocycles. The highest BCUT2D eigenvalue weighted by Crippen LogP contribution is 2.21. The zero-order valence-electron chi connectivity index (χ0n) is 10.3. The highest BCUT2D eigenvalue weighted by molar-refractivity contribution is 14.0. The van der Waals surface area contributed by atoms with Crippen molar-refractivity contribution in [1.82, 2.24) is 10.6 Å². The van der Waals surface area contributed by atoms with Crippen molar-refractivity contribution in [3.63, 3.8) is 0 Å². The molecule has 2 N–H and O–H groups in total. The predicted molar refractivity (Wildman–Crippen MR) is 88.1 cm³/mol. The molecule has 0 aromatic carbocycles. The third-order valence-corrected chi connectivity index (χ3v) is 3.23. The minimum atomic E-state index is 0. The van der Waals surface area contributed by atoms with Crippen molar-refractivity contribution in [3.8, 4) is 0 Å². The van der Waals surface area contributed by atoms with E-state index >= 15 is 0 Å². The van der Waals surface area contributed by atoms with Gasteiger partial charge in [-0.05, 0) is 32.4 Å². The van der Waals surface area contributed by atoms with E-state index in [1.54, 1.807) is 18.4 Å². The van der Waals surface area contributed by atoms with Gasteiger partial charge >= 0.3 is 0 Å². The van der Waals surface area contributed by atoms with Gasteiger partial charge in [0.05, 0.1) is 4.34 Å². The second-order valence-electron chi connectivity index (χ2n) is 3.75. The monoisotopic (exact) mass is 387 g/mol. The average molecular weight is 388 g/mol. The van der Waals surface area contributed by atoms with Crippen molar-refractivity contribution in [2.24, 2.45) is 4.99 Å². The lowest BCUT2D eigenvalue weighted by molar-refractivity contribution is 0.699. The van der Waals surface area contributed by atoms with Gasteiger partial charge in [0.1, 0.15) is 0 Å². The number of thiophene rings is 1. The minimum Gasteiger partial charge on any atom is -0.356 e. The molecule has 0 aliphatic rings. The SMILES string of the molecule is CN=C(NCCc1ccc(Cl)s1)NC(C)C.I. The van der Waals surface area contributed by atoms with Gasteiger partial charge in [-0.25, -0.2) is 0 Å². The normalized spacial score (nSPS) is 11.2. The van der Waals surface area contributed by atoms with E-state index in [1.165, 1.54) is 4.88 Å². The van der Waals surface area contributed by atoms with Crippen molar-refractivity contribution in [1.29, 1.82) is 0 Å². The van der Waals surface area contributed by atoms with E-state index in [0.29, 0.717) is 6.04 Å². The molecule has 0 radical (unpaired) electrons. The molecule has 1 rings (SSSR count). The van der Waals surface area contributed by atoms with E-state index in [-0.39, 0.29) is 24.0 Å². The number of nitrogens with one attached hydrogen (secondary N) is 2. The summed E-state index contributed by atoms with van der Waals surface area (Å²) in [6.07, 6.45) is 0.968. The molecule has 0 aliphatic heterocycles. The maximum Gasteiger partial charge on any atom is 0.191 e. The predicted octanol–water partition coefficient (Wildman–Crippen LogP) is 3.14. The van der Waals surface area contributed by atoms with Gasteiger partial charge in [0, 0.05) is 24.5 Å². The van der Waals surface area contributed by atoms with E-state index in [0.717, 1.165) is 23.3 Å². The number of guanidine groups is 1. The Morgan fingerprint density at radius 2 is 2.18 bits per heavy atom. The lowest BCUT2D eigenvalue weighted by Crippen LogP contribution is -2.41. The molecule has 1 aromatic heterocycles. The van der Waals surface area contributed by atoms with E-state index in [4.69, 9.17) is 11.6 Å². The summed E-state index contributed by atoms with van der Waals surface area (Å²) in [5, 5.41) is 6.50. The fraction of sp³-hybridized carbons (Fsp3) is 0.545. The minimum absolute atomic E-state index is 0. The molecule has 0 fully saturated rings. The Labute approximate surface area is 129 Å². The van der Waals surface area contributed by atoms with Crippen LogP contribution in [0.2, 0.25) is 4.34 Å². The second-order valence-corrected chi connectivity index (χ2v) is 5.55. The Morgan fingerprint density at radius 1 is 1.47 bits per heavy atom. The van der Waals surface area contributed by atoms with E-state index in [1.807, 2.05) is 6.07 Å². The fourth-order valence-corrected chi connectivity index (χ4v) is 2.35. The summed E-state index contributed by atoms with van der Waals surface area (Å²) in [4.78, 5) is 5.43. The zero-order valence-corrected chi connectivity index (χ0v) is 14.2. The summed E-state index contributed by atoms with van der Waals surface area (Å²) in [5.74, 6) is 0.845. The number of aliphatic imine (C=N–C) groups is 1. The van der Waals surface area contributed by atoms with Crippen molar-refractivity contribution < 1.29 is 0 Å². The highest BCUT2D eigenvalue weighted by atomic mass is 127. The van der Waals surface area contributed by atoms with Crippen LogP contribution in [0.25, 0.3) is 0 Å². The van der Waals surface area contributed by atoms with Crippen LogP contribution in [0.5, 0.6) is 0 Å². The van der Waals surface area contributed by atoms with Crippen molar-refractivity contribution in [3.05, 3.63) is 21.3 Å². The molecular formula is C11H19ClIN3S. The van der Waals surface area contributed by atoms with Crippen LogP contribution < -0.4 is 10.6 Å². The maximum absolute atomic E-state index is 5.86. The third-order valence-electron chi connectivity index (χ3n) is 1.94. The summed E-state index contributed by atoms with van der Waals surface area (Å²) in [6, 6.07) is 4.39. The molecular weight excluding hydrogens is 369 g/mol. The fourth-order valence-electron chi connectivity index (χ4n) is 1.26. The molecule has 0 amide bonds. The average Bonchev–Trinajstić information content (AvgIpc) is 2.62. The van der Waals surface area contributed by atoms with Gasteiger partial charge in [0.25, 0.3) is 0 Å². The number of nitrogens with zero attached hydrogens (tertiary/aromatic N) is 1. The largest absolute Gasteiger partial charge is 0.356 e. The topological polar surface area (TPSA) is 36.4 Å². The molecule has 17 heavy (non-hydrogen) atoms. The Bertz CT molecular complexity index is 352. The number of hydrogen-bond acceptors (Lipinski definition) is 2. The summed E-state index contributed by atoms with van der Waals surface area (Å²) in [5.41, 5.74) is 0. The van der Waals surface area contributed by atoms with Gasteiger partial charge in [0.2, 0.25) is 0 Å². The second kappa shape index (κ2) is 8.99. The van der Waals surface area contributed by atoms with Crippen LogP contribution in [0, 0.1) is 0 Å². The number of hydrogen-bond donors (Lipinski definition) is 2. The van der Waals surface area contributed by atoms with Gasteiger partial charge in [-0.15, -0.1) is 35.3 Å². The first-order valence-electron chi connectivity index (χ1n) is 5.33. The summed E-state index contributed by atoms with van der Waals surface area (Å²) in [7, 11) is 1.78. The standard InChI is InChI=1S/C11H18ClN3S.HI/c1-8(2)15-11(13-3)14-7-6-9-4-5-10(12)16-9;/h4-5,8H,6-7H2,1-3H3,(H2,13,14,15);1H. The van der Waals surface area contributed by atoms with Gasteiger partial charge in [-0.1, -0.05) is 11.6 Å². The summed E-state index contributed by atoms with van der Waals surface area (Å²) in [6.45, 7) is 5.04. The number of rotatable bonds is 4. The molecule has 0 aliphatic carbocycles. The molecule has 0 saturated heterocycles. The van der Waals surface area contributed by atoms with Crippen LogP contribution in [-0.2, 0) is 6.42 Å². The van der Waals surface area contributed by atoms with Crippen molar-refractivity contribution >= 4 is 52.9 Å². The molecule has 0 spiro atoms. The van der Waals surface area contributed by atoms with Crippen LogP contribution in [-0.4, -0.2) is 25.6 Å². The summed E-state index contributed by atoms with van der Waals surface area (Å²) >= 11 is 7.49. The first kappa shape index (κ1) is 17.0. The maximum atomic E-state index is 5.86. The van der Waals surface area contributed by atoms with Crippen LogP contribution in [0.15, 0.2) is 17.1 Å². The van der Waals surface area contributed by atoms with E-state index < -0.39 is 0 Å². The van der Waals surface area contributed by atoms with Crippen LogP contribution in [0.3, 0.4) is 0 Å².